The van der Waals surface area contributed by atoms with Gasteiger partial charge in [-0.3, -0.25) is 4.90 Å². The van der Waals surface area contributed by atoms with Gasteiger partial charge in [-0.05, 0) is 62.0 Å². The topological polar surface area (TPSA) is 15.3 Å². The first-order chi connectivity index (χ1) is 8.29. The highest BCUT2D eigenvalue weighted by atomic mass is 32.1. The van der Waals surface area contributed by atoms with Crippen LogP contribution in [0.5, 0.6) is 0 Å². The maximum absolute atomic E-state index is 3.47. The minimum absolute atomic E-state index is 0.608. The van der Waals surface area contributed by atoms with Gasteiger partial charge in [0.2, 0.25) is 0 Å². The molecule has 2 fully saturated rings. The molecule has 0 aliphatic carbocycles. The van der Waals surface area contributed by atoms with E-state index in [1.165, 1.54) is 31.2 Å². The van der Waals surface area contributed by atoms with Crippen LogP contribution in [0.2, 0.25) is 0 Å². The standard InChI is InChI=1S/C14H22N2S/c1-10(11-5-6-17-9-11)16-13-3-4-14(16)8-12(7-13)15-2/h5-6,9-10,12-15H,3-4,7-8H2,1-2H3. The first-order valence-electron chi connectivity index (χ1n) is 6.76. The highest BCUT2D eigenvalue weighted by Crippen LogP contribution is 2.41. The largest absolute Gasteiger partial charge is 0.317 e. The van der Waals surface area contributed by atoms with Crippen molar-refractivity contribution in [3.63, 3.8) is 0 Å². The Morgan fingerprint density at radius 1 is 1.35 bits per heavy atom. The fourth-order valence-electron chi connectivity index (χ4n) is 3.77. The summed E-state index contributed by atoms with van der Waals surface area (Å²) in [7, 11) is 2.11. The summed E-state index contributed by atoms with van der Waals surface area (Å²) >= 11 is 1.82. The SMILES string of the molecule is CNC1CC2CCC(C1)N2C(C)c1ccsc1. The third kappa shape index (κ3) is 2.05. The van der Waals surface area contributed by atoms with Crippen LogP contribution in [0.15, 0.2) is 16.8 Å². The van der Waals surface area contributed by atoms with Gasteiger partial charge in [-0.2, -0.15) is 11.3 Å². The molecule has 3 rings (SSSR count). The van der Waals surface area contributed by atoms with Crippen LogP contribution >= 0.6 is 11.3 Å². The molecule has 0 spiro atoms. The van der Waals surface area contributed by atoms with Crippen molar-refractivity contribution >= 4 is 11.3 Å². The third-order valence-corrected chi connectivity index (χ3v) is 5.37. The molecule has 3 heterocycles. The minimum atomic E-state index is 0.608. The zero-order valence-corrected chi connectivity index (χ0v) is 11.5. The smallest absolute Gasteiger partial charge is 0.0334 e. The number of fused-ring (bicyclic) bond motifs is 2. The Kier molecular flexibility index (Phi) is 3.24. The lowest BCUT2D eigenvalue weighted by molar-refractivity contribution is 0.0791. The predicted molar refractivity (Wildman–Crippen MR) is 73.5 cm³/mol. The average Bonchev–Trinajstić information content (AvgIpc) is 2.95. The molecule has 0 amide bonds. The highest BCUT2D eigenvalue weighted by Gasteiger charge is 2.42. The molecule has 0 aromatic carbocycles. The molecule has 17 heavy (non-hydrogen) atoms. The van der Waals surface area contributed by atoms with Crippen LogP contribution in [0.3, 0.4) is 0 Å². The van der Waals surface area contributed by atoms with Gasteiger partial charge in [0.1, 0.15) is 0 Å². The lowest BCUT2D eigenvalue weighted by Gasteiger charge is -2.42. The molecule has 2 bridgehead atoms. The van der Waals surface area contributed by atoms with E-state index in [4.69, 9.17) is 0 Å². The molecular weight excluding hydrogens is 228 g/mol. The van der Waals surface area contributed by atoms with E-state index in [-0.39, 0.29) is 0 Å². The number of piperidine rings is 1. The van der Waals surface area contributed by atoms with E-state index in [2.05, 4.69) is 41.0 Å². The van der Waals surface area contributed by atoms with Crippen molar-refractivity contribution < 1.29 is 0 Å². The molecule has 0 saturated carbocycles. The summed E-state index contributed by atoms with van der Waals surface area (Å²) in [6, 6.07) is 5.26. The van der Waals surface area contributed by atoms with E-state index in [0.717, 1.165) is 18.1 Å². The van der Waals surface area contributed by atoms with E-state index in [0.29, 0.717) is 6.04 Å². The van der Waals surface area contributed by atoms with Crippen molar-refractivity contribution in [2.75, 3.05) is 7.05 Å². The van der Waals surface area contributed by atoms with Crippen molar-refractivity contribution in [1.29, 1.82) is 0 Å². The molecular formula is C14H22N2S. The van der Waals surface area contributed by atoms with Crippen molar-refractivity contribution in [3.8, 4) is 0 Å². The quantitative estimate of drug-likeness (QED) is 0.887. The van der Waals surface area contributed by atoms with Gasteiger partial charge in [0.15, 0.2) is 0 Å². The first kappa shape index (κ1) is 11.7. The van der Waals surface area contributed by atoms with Crippen LogP contribution in [0.25, 0.3) is 0 Å². The number of hydrogen-bond acceptors (Lipinski definition) is 3. The zero-order chi connectivity index (χ0) is 11.8. The summed E-state index contributed by atoms with van der Waals surface area (Å²) in [6.07, 6.45) is 5.47. The Morgan fingerprint density at radius 2 is 2.06 bits per heavy atom. The third-order valence-electron chi connectivity index (χ3n) is 4.67. The molecule has 2 saturated heterocycles. The van der Waals surface area contributed by atoms with E-state index >= 15 is 0 Å². The second-order valence-corrected chi connectivity index (χ2v) is 6.30. The Morgan fingerprint density at radius 3 is 2.59 bits per heavy atom. The molecule has 2 aliphatic heterocycles. The molecule has 2 nitrogen and oxygen atoms in total. The lowest BCUT2D eigenvalue weighted by atomic mass is 9.94. The fraction of sp³-hybridized carbons (Fsp3) is 0.714. The molecule has 3 heteroatoms. The summed E-state index contributed by atoms with van der Waals surface area (Å²) < 4.78 is 0. The first-order valence-corrected chi connectivity index (χ1v) is 7.70. The summed E-state index contributed by atoms with van der Waals surface area (Å²) in [5, 5.41) is 7.99. The van der Waals surface area contributed by atoms with Crippen LogP contribution < -0.4 is 5.32 Å². The number of rotatable bonds is 3. The van der Waals surface area contributed by atoms with E-state index in [1.54, 1.807) is 0 Å². The number of thiophene rings is 1. The summed E-state index contributed by atoms with van der Waals surface area (Å²) in [6.45, 7) is 2.38. The fourth-order valence-corrected chi connectivity index (χ4v) is 4.51. The van der Waals surface area contributed by atoms with Gasteiger partial charge in [0, 0.05) is 24.2 Å². The maximum Gasteiger partial charge on any atom is 0.0334 e. The van der Waals surface area contributed by atoms with E-state index < -0.39 is 0 Å². The van der Waals surface area contributed by atoms with Gasteiger partial charge >= 0.3 is 0 Å². The number of hydrogen-bond donors (Lipinski definition) is 1. The Bertz CT molecular complexity index is 348. The van der Waals surface area contributed by atoms with Gasteiger partial charge in [-0.25, -0.2) is 0 Å². The van der Waals surface area contributed by atoms with Gasteiger partial charge < -0.3 is 5.32 Å². The summed E-state index contributed by atoms with van der Waals surface area (Å²) in [5.41, 5.74) is 1.51. The molecule has 3 atom stereocenters. The highest BCUT2D eigenvalue weighted by molar-refractivity contribution is 7.07. The van der Waals surface area contributed by atoms with Crippen LogP contribution in [0, 0.1) is 0 Å². The zero-order valence-electron chi connectivity index (χ0n) is 10.7. The second kappa shape index (κ2) is 4.71. The number of nitrogens with one attached hydrogen (secondary N) is 1. The maximum atomic E-state index is 3.47. The van der Waals surface area contributed by atoms with Crippen LogP contribution in [-0.2, 0) is 0 Å². The average molecular weight is 250 g/mol. The van der Waals surface area contributed by atoms with Crippen molar-refractivity contribution in [2.45, 2.75) is 56.8 Å². The van der Waals surface area contributed by atoms with E-state index in [9.17, 15) is 0 Å². The van der Waals surface area contributed by atoms with E-state index in [1.807, 2.05) is 11.3 Å². The van der Waals surface area contributed by atoms with Gasteiger partial charge in [0.25, 0.3) is 0 Å². The van der Waals surface area contributed by atoms with Crippen molar-refractivity contribution in [3.05, 3.63) is 22.4 Å². The Balaban J connectivity index is 1.77. The summed E-state index contributed by atoms with van der Waals surface area (Å²) in [4.78, 5) is 2.79. The van der Waals surface area contributed by atoms with Crippen LogP contribution in [0.1, 0.15) is 44.2 Å². The van der Waals surface area contributed by atoms with Gasteiger partial charge in [-0.15, -0.1) is 0 Å². The minimum Gasteiger partial charge on any atom is -0.317 e. The molecule has 1 aromatic heterocycles. The van der Waals surface area contributed by atoms with Crippen LogP contribution in [0.4, 0.5) is 0 Å². The summed E-state index contributed by atoms with van der Waals surface area (Å²) in [5.74, 6) is 0. The number of nitrogens with zero attached hydrogens (tertiary/aromatic N) is 1. The second-order valence-electron chi connectivity index (χ2n) is 5.52. The van der Waals surface area contributed by atoms with Gasteiger partial charge in [-0.1, -0.05) is 0 Å². The normalized spacial score (nSPS) is 35.1. The van der Waals surface area contributed by atoms with Gasteiger partial charge in [0.05, 0.1) is 0 Å². The van der Waals surface area contributed by atoms with Crippen LogP contribution in [-0.4, -0.2) is 30.1 Å². The molecule has 94 valence electrons. The lowest BCUT2D eigenvalue weighted by Crippen LogP contribution is -2.49. The van der Waals surface area contributed by atoms with Crippen molar-refractivity contribution in [2.24, 2.45) is 0 Å². The molecule has 2 aliphatic rings. The Labute approximate surface area is 108 Å². The molecule has 1 aromatic rings. The molecule has 0 radical (unpaired) electrons. The van der Waals surface area contributed by atoms with Crippen molar-refractivity contribution in [1.82, 2.24) is 10.2 Å². The predicted octanol–water partition coefficient (Wildman–Crippen LogP) is 3.02. The monoisotopic (exact) mass is 250 g/mol. The molecule has 1 N–H and O–H groups in total. The molecule has 3 unspecified atom stereocenters. The Hall–Kier alpha value is -0.380.